The largest absolute Gasteiger partial charge is 0.493 e. The number of nitriles is 1. The molecular weight excluding hydrogens is 350 g/mol. The molecule has 3 rings (SSSR count). The van der Waals surface area contributed by atoms with E-state index >= 15 is 0 Å². The molecule has 9 heteroatoms. The summed E-state index contributed by atoms with van der Waals surface area (Å²) >= 11 is 0. The minimum Gasteiger partial charge on any atom is -0.493 e. The summed E-state index contributed by atoms with van der Waals surface area (Å²) in [6.07, 6.45) is 0. The van der Waals surface area contributed by atoms with Gasteiger partial charge in [0.05, 0.1) is 19.6 Å². The van der Waals surface area contributed by atoms with Crippen molar-refractivity contribution in [2.24, 2.45) is 14.1 Å². The topological polar surface area (TPSA) is 125 Å². The Hall–Kier alpha value is -3.80. The lowest BCUT2D eigenvalue weighted by molar-refractivity contribution is 0.356. The number of benzene rings is 1. The smallest absolute Gasteiger partial charge is 0.332 e. The molecule has 0 bridgehead atoms. The predicted octanol–water partition coefficient (Wildman–Crippen LogP) is 0.770. The first-order valence-electron chi connectivity index (χ1n) is 7.88. The van der Waals surface area contributed by atoms with Crippen molar-refractivity contribution in [3.8, 4) is 28.7 Å². The summed E-state index contributed by atoms with van der Waals surface area (Å²) in [5.41, 5.74) is 5.62. The van der Waals surface area contributed by atoms with E-state index in [4.69, 9.17) is 15.2 Å². The van der Waals surface area contributed by atoms with Crippen molar-refractivity contribution < 1.29 is 9.47 Å². The molecule has 0 saturated carbocycles. The van der Waals surface area contributed by atoms with Gasteiger partial charge in [-0.15, -0.1) is 0 Å². The molecule has 0 atom stereocenters. The van der Waals surface area contributed by atoms with Crippen molar-refractivity contribution in [2.45, 2.75) is 0 Å². The first kappa shape index (κ1) is 18.0. The molecular formula is C18H17N5O4. The van der Waals surface area contributed by atoms with E-state index in [0.717, 1.165) is 4.57 Å². The maximum absolute atomic E-state index is 12.9. The second-order valence-electron chi connectivity index (χ2n) is 5.80. The van der Waals surface area contributed by atoms with Crippen molar-refractivity contribution in [2.75, 3.05) is 20.0 Å². The summed E-state index contributed by atoms with van der Waals surface area (Å²) in [5.74, 6) is 0.663. The fraction of sp³-hybridized carbons (Fsp3) is 0.222. The Kier molecular flexibility index (Phi) is 4.33. The van der Waals surface area contributed by atoms with Crippen LogP contribution in [0.1, 0.15) is 5.56 Å². The summed E-state index contributed by atoms with van der Waals surface area (Å²) < 4.78 is 12.9. The highest BCUT2D eigenvalue weighted by molar-refractivity contribution is 5.99. The molecule has 0 amide bonds. The molecule has 27 heavy (non-hydrogen) atoms. The monoisotopic (exact) mass is 367 g/mol. The van der Waals surface area contributed by atoms with Crippen LogP contribution in [0.25, 0.3) is 22.2 Å². The van der Waals surface area contributed by atoms with E-state index in [1.807, 2.05) is 6.07 Å². The Morgan fingerprint density at radius 3 is 2.44 bits per heavy atom. The maximum Gasteiger partial charge on any atom is 0.332 e. The summed E-state index contributed by atoms with van der Waals surface area (Å²) in [6, 6.07) is 7.08. The number of hydrogen-bond acceptors (Lipinski definition) is 7. The number of hydrogen-bond donors (Lipinski definition) is 1. The number of nitrogens with zero attached hydrogens (tertiary/aromatic N) is 4. The van der Waals surface area contributed by atoms with Crippen LogP contribution in [0.3, 0.4) is 0 Å². The van der Waals surface area contributed by atoms with Gasteiger partial charge in [-0.1, -0.05) is 12.1 Å². The Bertz CT molecular complexity index is 1230. The Morgan fingerprint density at radius 2 is 1.85 bits per heavy atom. The lowest BCUT2D eigenvalue weighted by atomic mass is 9.96. The van der Waals surface area contributed by atoms with Crippen molar-refractivity contribution in [3.05, 3.63) is 44.6 Å². The fourth-order valence-electron chi connectivity index (χ4n) is 3.07. The minimum absolute atomic E-state index is 0.0183. The van der Waals surface area contributed by atoms with Crippen molar-refractivity contribution in [1.82, 2.24) is 14.1 Å². The molecule has 0 fully saturated rings. The van der Waals surface area contributed by atoms with Gasteiger partial charge in [-0.05, 0) is 6.07 Å². The molecule has 0 aliphatic rings. The van der Waals surface area contributed by atoms with E-state index in [1.165, 1.54) is 32.9 Å². The molecule has 0 aliphatic carbocycles. The predicted molar refractivity (Wildman–Crippen MR) is 99.9 cm³/mol. The van der Waals surface area contributed by atoms with Gasteiger partial charge in [-0.25, -0.2) is 9.78 Å². The molecule has 0 aliphatic heterocycles. The molecule has 1 aromatic carbocycles. The van der Waals surface area contributed by atoms with Crippen molar-refractivity contribution >= 4 is 16.9 Å². The van der Waals surface area contributed by atoms with Gasteiger partial charge in [0.25, 0.3) is 5.56 Å². The highest BCUT2D eigenvalue weighted by atomic mass is 16.5. The number of aryl methyl sites for hydroxylation is 1. The van der Waals surface area contributed by atoms with E-state index in [0.29, 0.717) is 17.1 Å². The van der Waals surface area contributed by atoms with Gasteiger partial charge < -0.3 is 15.2 Å². The molecule has 0 saturated heterocycles. The number of pyridine rings is 1. The van der Waals surface area contributed by atoms with Gasteiger partial charge in [0.15, 0.2) is 17.1 Å². The summed E-state index contributed by atoms with van der Waals surface area (Å²) in [4.78, 5) is 29.3. The van der Waals surface area contributed by atoms with Gasteiger partial charge >= 0.3 is 5.69 Å². The zero-order valence-corrected chi connectivity index (χ0v) is 15.2. The van der Waals surface area contributed by atoms with Gasteiger partial charge in [-0.3, -0.25) is 13.9 Å². The standard InChI is InChI=1S/C18H17N5O4/c1-22-16-13(17(24)23(2)18(22)25)12(10(8-19)15(20)21-16)9-6-5-7-11(26-3)14(9)27-4/h5-7H,1-4H3,(H2,20,21). The van der Waals surface area contributed by atoms with Gasteiger partial charge in [0, 0.05) is 25.2 Å². The second-order valence-corrected chi connectivity index (χ2v) is 5.80. The lowest BCUT2D eigenvalue weighted by Gasteiger charge is -2.17. The first-order valence-corrected chi connectivity index (χ1v) is 7.88. The van der Waals surface area contributed by atoms with Crippen LogP contribution >= 0.6 is 0 Å². The van der Waals surface area contributed by atoms with E-state index in [2.05, 4.69) is 4.98 Å². The van der Waals surface area contributed by atoms with Crippen LogP contribution in [0.2, 0.25) is 0 Å². The SMILES string of the molecule is COc1cccc(-c2c(C#N)c(N)nc3c2c(=O)n(C)c(=O)n3C)c1OC. The number of aromatic nitrogens is 3. The number of nitrogen functional groups attached to an aromatic ring is 1. The molecule has 2 aromatic heterocycles. The third kappa shape index (κ3) is 2.50. The third-order valence-corrected chi connectivity index (χ3v) is 4.40. The number of anilines is 1. The van der Waals surface area contributed by atoms with Gasteiger partial charge in [0.2, 0.25) is 0 Å². The van der Waals surface area contributed by atoms with Crippen LogP contribution in [0.15, 0.2) is 27.8 Å². The van der Waals surface area contributed by atoms with E-state index in [-0.39, 0.29) is 28.0 Å². The fourth-order valence-corrected chi connectivity index (χ4v) is 3.07. The molecule has 2 heterocycles. The van der Waals surface area contributed by atoms with Crippen LogP contribution in [0.5, 0.6) is 11.5 Å². The van der Waals surface area contributed by atoms with Gasteiger partial charge in [0.1, 0.15) is 17.5 Å². The molecule has 2 N–H and O–H groups in total. The molecule has 0 unspecified atom stereocenters. The zero-order valence-electron chi connectivity index (χ0n) is 15.2. The highest BCUT2D eigenvalue weighted by Crippen LogP contribution is 2.42. The average molecular weight is 367 g/mol. The number of methoxy groups -OCH3 is 2. The van der Waals surface area contributed by atoms with Crippen LogP contribution in [-0.2, 0) is 14.1 Å². The molecule has 3 aromatic rings. The highest BCUT2D eigenvalue weighted by Gasteiger charge is 2.24. The molecule has 138 valence electrons. The average Bonchev–Trinajstić information content (AvgIpc) is 2.68. The normalized spacial score (nSPS) is 10.6. The van der Waals surface area contributed by atoms with Crippen molar-refractivity contribution in [3.63, 3.8) is 0 Å². The Labute approximate surface area is 153 Å². The van der Waals surface area contributed by atoms with E-state index < -0.39 is 11.2 Å². The molecule has 9 nitrogen and oxygen atoms in total. The van der Waals surface area contributed by atoms with E-state index in [9.17, 15) is 14.9 Å². The van der Waals surface area contributed by atoms with E-state index in [1.54, 1.807) is 18.2 Å². The Balaban J connectivity index is 2.68. The summed E-state index contributed by atoms with van der Waals surface area (Å²) in [5, 5.41) is 9.77. The first-order chi connectivity index (χ1) is 12.9. The van der Waals surface area contributed by atoms with Crippen LogP contribution in [-0.4, -0.2) is 28.3 Å². The quantitative estimate of drug-likeness (QED) is 0.725. The number of ether oxygens (including phenoxy) is 2. The minimum atomic E-state index is -0.586. The number of fused-ring (bicyclic) bond motifs is 1. The van der Waals surface area contributed by atoms with Gasteiger partial charge in [-0.2, -0.15) is 5.26 Å². The number of para-hydroxylation sites is 1. The third-order valence-electron chi connectivity index (χ3n) is 4.40. The number of rotatable bonds is 3. The lowest BCUT2D eigenvalue weighted by Crippen LogP contribution is -2.37. The second kappa shape index (κ2) is 6.49. The zero-order chi connectivity index (χ0) is 19.9. The Morgan fingerprint density at radius 1 is 1.15 bits per heavy atom. The number of nitrogens with two attached hydrogens (primary N) is 1. The summed E-state index contributed by atoms with van der Waals surface area (Å²) in [6.45, 7) is 0. The summed E-state index contributed by atoms with van der Waals surface area (Å²) in [7, 11) is 5.77. The van der Waals surface area contributed by atoms with Crippen LogP contribution in [0, 0.1) is 11.3 Å². The molecule has 0 radical (unpaired) electrons. The van der Waals surface area contributed by atoms with Crippen molar-refractivity contribution in [1.29, 1.82) is 5.26 Å². The molecule has 0 spiro atoms. The van der Waals surface area contributed by atoms with Crippen LogP contribution < -0.4 is 26.5 Å². The van der Waals surface area contributed by atoms with Crippen LogP contribution in [0.4, 0.5) is 5.82 Å². The maximum atomic E-state index is 12.9.